The first kappa shape index (κ1) is 14.1. The molecule has 0 aromatic carbocycles. The summed E-state index contributed by atoms with van der Waals surface area (Å²) in [7, 11) is 0. The summed E-state index contributed by atoms with van der Waals surface area (Å²) in [6, 6.07) is -0.798. The molecule has 0 aliphatic heterocycles. The zero-order valence-corrected chi connectivity index (χ0v) is 10.4. The van der Waals surface area contributed by atoms with Gasteiger partial charge in [0.1, 0.15) is 6.04 Å². The normalized spacial score (nSPS) is 12.1. The first-order chi connectivity index (χ1) is 8.63. The fourth-order valence-electron chi connectivity index (χ4n) is 1.50. The highest BCUT2D eigenvalue weighted by Crippen LogP contribution is 2.01. The van der Waals surface area contributed by atoms with Crippen molar-refractivity contribution in [2.45, 2.75) is 45.2 Å². The number of amides is 1. The molecule has 2 N–H and O–H groups in total. The van der Waals surface area contributed by atoms with Gasteiger partial charge in [0.2, 0.25) is 5.91 Å². The van der Waals surface area contributed by atoms with Gasteiger partial charge >= 0.3 is 5.97 Å². The van der Waals surface area contributed by atoms with Gasteiger partial charge in [-0.25, -0.2) is 4.79 Å². The van der Waals surface area contributed by atoms with Gasteiger partial charge in [-0.15, -0.1) is 5.10 Å². The number of rotatable bonds is 8. The lowest BCUT2D eigenvalue weighted by Crippen LogP contribution is -2.41. The first-order valence-electron chi connectivity index (χ1n) is 5.99. The molecule has 7 heteroatoms. The van der Waals surface area contributed by atoms with E-state index in [0.717, 1.165) is 12.8 Å². The van der Waals surface area contributed by atoms with Gasteiger partial charge in [-0.2, -0.15) is 0 Å². The predicted molar refractivity (Wildman–Crippen MR) is 63.7 cm³/mol. The van der Waals surface area contributed by atoms with Crippen molar-refractivity contribution in [3.05, 3.63) is 12.4 Å². The van der Waals surface area contributed by atoms with Crippen LogP contribution in [-0.4, -0.2) is 38.0 Å². The number of hydrogen-bond acceptors (Lipinski definition) is 4. The van der Waals surface area contributed by atoms with Crippen LogP contribution in [-0.2, 0) is 16.1 Å². The molecule has 1 heterocycles. The average Bonchev–Trinajstić information content (AvgIpc) is 2.84. The molecule has 100 valence electrons. The number of carbonyl (C=O) groups is 2. The number of aliphatic carboxylic acids is 1. The van der Waals surface area contributed by atoms with Crippen LogP contribution in [0.4, 0.5) is 0 Å². The third-order valence-electron chi connectivity index (χ3n) is 2.52. The van der Waals surface area contributed by atoms with Crippen molar-refractivity contribution < 1.29 is 14.7 Å². The lowest BCUT2D eigenvalue weighted by Gasteiger charge is -2.13. The standard InChI is InChI=1S/C11H18N4O3/c1-2-3-4-9(11(17)18)13-10(16)5-7-15-8-6-12-14-15/h6,8-9H,2-5,7H2,1H3,(H,13,16)(H,17,18). The van der Waals surface area contributed by atoms with Gasteiger partial charge in [0.25, 0.3) is 0 Å². The van der Waals surface area contributed by atoms with Crippen LogP contribution in [0.3, 0.4) is 0 Å². The van der Waals surface area contributed by atoms with E-state index in [1.165, 1.54) is 10.9 Å². The molecule has 0 spiro atoms. The van der Waals surface area contributed by atoms with E-state index in [1.54, 1.807) is 6.20 Å². The van der Waals surface area contributed by atoms with Gasteiger partial charge < -0.3 is 10.4 Å². The largest absolute Gasteiger partial charge is 0.480 e. The molecule has 0 bridgehead atoms. The second kappa shape index (κ2) is 7.41. The van der Waals surface area contributed by atoms with Gasteiger partial charge in [0.15, 0.2) is 0 Å². The molecular formula is C11H18N4O3. The number of carbonyl (C=O) groups excluding carboxylic acids is 1. The number of carboxylic acid groups (broad SMARTS) is 1. The third-order valence-corrected chi connectivity index (χ3v) is 2.52. The Morgan fingerprint density at radius 1 is 1.50 bits per heavy atom. The minimum Gasteiger partial charge on any atom is -0.480 e. The number of aryl methyl sites for hydroxylation is 1. The molecule has 0 aliphatic carbocycles. The van der Waals surface area contributed by atoms with Crippen molar-refractivity contribution >= 4 is 11.9 Å². The van der Waals surface area contributed by atoms with Crippen LogP contribution in [0.1, 0.15) is 32.6 Å². The maximum absolute atomic E-state index is 11.6. The minimum absolute atomic E-state index is 0.194. The Morgan fingerprint density at radius 2 is 2.28 bits per heavy atom. The topological polar surface area (TPSA) is 97.1 Å². The number of hydrogen-bond donors (Lipinski definition) is 2. The molecule has 1 rings (SSSR count). The Morgan fingerprint density at radius 3 is 2.83 bits per heavy atom. The van der Waals surface area contributed by atoms with E-state index in [4.69, 9.17) is 5.11 Å². The molecule has 0 aliphatic rings. The SMILES string of the molecule is CCCCC(NC(=O)CCn1ccnn1)C(=O)O. The molecule has 18 heavy (non-hydrogen) atoms. The Bertz CT molecular complexity index is 378. The van der Waals surface area contributed by atoms with E-state index in [2.05, 4.69) is 15.6 Å². The monoisotopic (exact) mass is 254 g/mol. The van der Waals surface area contributed by atoms with Crippen molar-refractivity contribution in [3.8, 4) is 0 Å². The van der Waals surface area contributed by atoms with E-state index in [0.29, 0.717) is 13.0 Å². The van der Waals surface area contributed by atoms with Crippen molar-refractivity contribution in [3.63, 3.8) is 0 Å². The van der Waals surface area contributed by atoms with Crippen molar-refractivity contribution in [2.75, 3.05) is 0 Å². The highest BCUT2D eigenvalue weighted by Gasteiger charge is 2.18. The van der Waals surface area contributed by atoms with Crippen LogP contribution in [0, 0.1) is 0 Å². The maximum atomic E-state index is 11.6. The molecule has 0 fully saturated rings. The molecule has 1 aromatic heterocycles. The molecular weight excluding hydrogens is 236 g/mol. The fraction of sp³-hybridized carbons (Fsp3) is 0.636. The molecule has 1 unspecified atom stereocenters. The second-order valence-electron chi connectivity index (χ2n) is 4.02. The summed E-state index contributed by atoms with van der Waals surface area (Å²) in [6.45, 7) is 2.37. The van der Waals surface area contributed by atoms with Crippen LogP contribution < -0.4 is 5.32 Å². The number of unbranched alkanes of at least 4 members (excludes halogenated alkanes) is 1. The van der Waals surface area contributed by atoms with E-state index in [9.17, 15) is 9.59 Å². The quantitative estimate of drug-likeness (QED) is 0.701. The van der Waals surface area contributed by atoms with E-state index < -0.39 is 12.0 Å². The maximum Gasteiger partial charge on any atom is 0.326 e. The number of carboxylic acids is 1. The van der Waals surface area contributed by atoms with Gasteiger partial charge in [-0.05, 0) is 6.42 Å². The van der Waals surface area contributed by atoms with Crippen molar-refractivity contribution in [2.24, 2.45) is 0 Å². The van der Waals surface area contributed by atoms with Crippen LogP contribution >= 0.6 is 0 Å². The van der Waals surface area contributed by atoms with Crippen LogP contribution in [0.2, 0.25) is 0 Å². The lowest BCUT2D eigenvalue weighted by atomic mass is 10.1. The van der Waals surface area contributed by atoms with E-state index in [-0.39, 0.29) is 12.3 Å². The molecule has 7 nitrogen and oxygen atoms in total. The van der Waals surface area contributed by atoms with Gasteiger partial charge in [0, 0.05) is 12.6 Å². The Kier molecular flexibility index (Phi) is 5.83. The summed E-state index contributed by atoms with van der Waals surface area (Å²) in [5, 5.41) is 18.8. The Hall–Kier alpha value is -1.92. The smallest absolute Gasteiger partial charge is 0.326 e. The summed E-state index contributed by atoms with van der Waals surface area (Å²) in [6.07, 6.45) is 5.51. The van der Waals surface area contributed by atoms with Crippen molar-refractivity contribution in [1.82, 2.24) is 20.3 Å². The van der Waals surface area contributed by atoms with E-state index in [1.807, 2.05) is 6.92 Å². The summed E-state index contributed by atoms with van der Waals surface area (Å²) in [5.41, 5.74) is 0. The van der Waals surface area contributed by atoms with Crippen LogP contribution in [0.15, 0.2) is 12.4 Å². The molecule has 1 aromatic rings. The zero-order valence-electron chi connectivity index (χ0n) is 10.4. The molecule has 0 saturated heterocycles. The van der Waals surface area contributed by atoms with Crippen LogP contribution in [0.5, 0.6) is 0 Å². The molecule has 0 radical (unpaired) electrons. The summed E-state index contributed by atoms with van der Waals surface area (Å²) < 4.78 is 1.53. The van der Waals surface area contributed by atoms with Gasteiger partial charge in [-0.1, -0.05) is 25.0 Å². The van der Waals surface area contributed by atoms with Gasteiger partial charge in [0.05, 0.1) is 12.7 Å². The average molecular weight is 254 g/mol. The van der Waals surface area contributed by atoms with E-state index >= 15 is 0 Å². The number of aromatic nitrogens is 3. The predicted octanol–water partition coefficient (Wildman–Crippen LogP) is 0.428. The Labute approximate surface area is 105 Å². The lowest BCUT2D eigenvalue weighted by molar-refractivity contribution is -0.142. The van der Waals surface area contributed by atoms with Gasteiger partial charge in [-0.3, -0.25) is 9.48 Å². The highest BCUT2D eigenvalue weighted by atomic mass is 16.4. The molecule has 0 saturated carbocycles. The zero-order chi connectivity index (χ0) is 13.4. The number of nitrogens with one attached hydrogen (secondary N) is 1. The summed E-state index contributed by atoms with van der Waals surface area (Å²) in [4.78, 5) is 22.5. The third kappa shape index (κ3) is 4.94. The van der Waals surface area contributed by atoms with Crippen LogP contribution in [0.25, 0.3) is 0 Å². The van der Waals surface area contributed by atoms with Crippen molar-refractivity contribution in [1.29, 1.82) is 0 Å². The Balaban J connectivity index is 2.34. The molecule has 1 amide bonds. The first-order valence-corrected chi connectivity index (χ1v) is 5.99. The summed E-state index contributed by atoms with van der Waals surface area (Å²) in [5.74, 6) is -1.27. The molecule has 1 atom stereocenters. The summed E-state index contributed by atoms with van der Waals surface area (Å²) >= 11 is 0. The number of nitrogens with zero attached hydrogens (tertiary/aromatic N) is 3. The highest BCUT2D eigenvalue weighted by molar-refractivity contribution is 5.83. The fourth-order valence-corrected chi connectivity index (χ4v) is 1.50. The second-order valence-corrected chi connectivity index (χ2v) is 4.02. The minimum atomic E-state index is -0.988.